The Morgan fingerprint density at radius 3 is 2.55 bits per heavy atom. The zero-order valence-corrected chi connectivity index (χ0v) is 12.3. The molecule has 1 aromatic carbocycles. The smallest absolute Gasteiger partial charge is 0.408 e. The number of carbonyl (C=O) groups excluding carboxylic acids is 1. The summed E-state index contributed by atoms with van der Waals surface area (Å²) < 4.78 is 5.24. The van der Waals surface area contributed by atoms with Gasteiger partial charge < -0.3 is 15.2 Å². The van der Waals surface area contributed by atoms with Crippen LogP contribution in [0.5, 0.6) is 0 Å². The summed E-state index contributed by atoms with van der Waals surface area (Å²) in [5.74, 6) is 0. The standard InChI is InChI=1S/C16H23NO3/c1-16(2,3)20-15(19)17-14(10-7-11-18)12-13-8-5-4-6-9-13/h4-10,14,18H,11-12H2,1-3H3,(H,17,19)/t14-/m1/s1. The second-order valence-electron chi connectivity index (χ2n) is 5.55. The van der Waals surface area contributed by atoms with Crippen molar-refractivity contribution in [1.82, 2.24) is 5.32 Å². The molecule has 20 heavy (non-hydrogen) atoms. The lowest BCUT2D eigenvalue weighted by Crippen LogP contribution is -2.39. The van der Waals surface area contributed by atoms with E-state index in [-0.39, 0.29) is 12.6 Å². The molecule has 1 amide bonds. The molecule has 1 aromatic rings. The van der Waals surface area contributed by atoms with Crippen molar-refractivity contribution in [2.75, 3.05) is 6.61 Å². The van der Waals surface area contributed by atoms with E-state index < -0.39 is 11.7 Å². The lowest BCUT2D eigenvalue weighted by atomic mass is 10.1. The SMILES string of the molecule is CC(C)(C)OC(=O)N[C@H](C=CCO)Cc1ccccc1. The van der Waals surface area contributed by atoms with Gasteiger partial charge in [-0.25, -0.2) is 4.79 Å². The minimum atomic E-state index is -0.526. The Hall–Kier alpha value is -1.81. The molecule has 0 unspecified atom stereocenters. The predicted molar refractivity (Wildman–Crippen MR) is 79.5 cm³/mol. The van der Waals surface area contributed by atoms with Crippen LogP contribution >= 0.6 is 0 Å². The van der Waals surface area contributed by atoms with E-state index in [9.17, 15) is 4.79 Å². The number of aliphatic hydroxyl groups excluding tert-OH is 1. The van der Waals surface area contributed by atoms with Crippen molar-refractivity contribution in [3.63, 3.8) is 0 Å². The third kappa shape index (κ3) is 6.95. The maximum atomic E-state index is 11.8. The van der Waals surface area contributed by atoms with Crippen LogP contribution < -0.4 is 5.32 Å². The van der Waals surface area contributed by atoms with Crippen molar-refractivity contribution in [3.05, 3.63) is 48.0 Å². The highest BCUT2D eigenvalue weighted by Crippen LogP contribution is 2.09. The van der Waals surface area contributed by atoms with Gasteiger partial charge in [-0.1, -0.05) is 42.5 Å². The van der Waals surface area contributed by atoms with Gasteiger partial charge in [-0.05, 0) is 32.8 Å². The van der Waals surface area contributed by atoms with E-state index in [1.165, 1.54) is 0 Å². The molecule has 0 bridgehead atoms. The van der Waals surface area contributed by atoms with E-state index in [1.807, 2.05) is 51.1 Å². The largest absolute Gasteiger partial charge is 0.444 e. The molecule has 0 spiro atoms. The minimum absolute atomic E-state index is 0.0543. The quantitative estimate of drug-likeness (QED) is 0.813. The first-order chi connectivity index (χ1) is 9.40. The van der Waals surface area contributed by atoms with E-state index in [1.54, 1.807) is 12.2 Å². The van der Waals surface area contributed by atoms with Crippen molar-refractivity contribution < 1.29 is 14.6 Å². The zero-order valence-electron chi connectivity index (χ0n) is 12.3. The van der Waals surface area contributed by atoms with Crippen molar-refractivity contribution in [2.45, 2.75) is 38.8 Å². The van der Waals surface area contributed by atoms with Gasteiger partial charge in [0.1, 0.15) is 5.60 Å². The Bertz CT molecular complexity index is 435. The highest BCUT2D eigenvalue weighted by molar-refractivity contribution is 5.68. The van der Waals surface area contributed by atoms with Crippen LogP contribution in [-0.4, -0.2) is 29.4 Å². The fourth-order valence-electron chi connectivity index (χ4n) is 1.72. The molecule has 0 heterocycles. The van der Waals surface area contributed by atoms with E-state index in [0.717, 1.165) is 5.56 Å². The number of rotatable bonds is 5. The number of benzene rings is 1. The molecule has 1 atom stereocenters. The first-order valence-corrected chi connectivity index (χ1v) is 6.71. The first kappa shape index (κ1) is 16.2. The third-order valence-corrected chi connectivity index (χ3v) is 2.47. The number of ether oxygens (including phenoxy) is 1. The molecule has 0 aromatic heterocycles. The number of hydrogen-bond donors (Lipinski definition) is 2. The average Bonchev–Trinajstić information content (AvgIpc) is 2.35. The normalized spacial score (nSPS) is 13.2. The van der Waals surface area contributed by atoms with Gasteiger partial charge in [-0.2, -0.15) is 0 Å². The van der Waals surface area contributed by atoms with Crippen LogP contribution in [0.1, 0.15) is 26.3 Å². The van der Waals surface area contributed by atoms with Gasteiger partial charge in [0.2, 0.25) is 0 Å². The Morgan fingerprint density at radius 2 is 2.00 bits per heavy atom. The van der Waals surface area contributed by atoms with E-state index in [2.05, 4.69) is 5.32 Å². The molecule has 110 valence electrons. The van der Waals surface area contributed by atoms with Gasteiger partial charge in [0, 0.05) is 0 Å². The fourth-order valence-corrected chi connectivity index (χ4v) is 1.72. The summed E-state index contributed by atoms with van der Waals surface area (Å²) in [7, 11) is 0. The summed E-state index contributed by atoms with van der Waals surface area (Å²) >= 11 is 0. The molecule has 1 rings (SSSR count). The van der Waals surface area contributed by atoms with Crippen LogP contribution in [0, 0.1) is 0 Å². The van der Waals surface area contributed by atoms with Gasteiger partial charge >= 0.3 is 6.09 Å². The molecular weight excluding hydrogens is 254 g/mol. The maximum absolute atomic E-state index is 11.8. The maximum Gasteiger partial charge on any atom is 0.408 e. The predicted octanol–water partition coefficient (Wildman–Crippen LogP) is 2.67. The second-order valence-corrected chi connectivity index (χ2v) is 5.55. The van der Waals surface area contributed by atoms with Crippen LogP contribution in [0.4, 0.5) is 4.79 Å². The van der Waals surface area contributed by atoms with Crippen LogP contribution in [0.2, 0.25) is 0 Å². The van der Waals surface area contributed by atoms with Crippen LogP contribution in [0.25, 0.3) is 0 Å². The molecule has 0 saturated carbocycles. The molecule has 2 N–H and O–H groups in total. The lowest BCUT2D eigenvalue weighted by Gasteiger charge is -2.22. The number of hydrogen-bond acceptors (Lipinski definition) is 3. The number of aliphatic hydroxyl groups is 1. The lowest BCUT2D eigenvalue weighted by molar-refractivity contribution is 0.0514. The molecule has 0 aliphatic carbocycles. The van der Waals surface area contributed by atoms with Crippen LogP contribution in [0.15, 0.2) is 42.5 Å². The second kappa shape index (κ2) is 7.70. The molecule has 0 aliphatic rings. The Morgan fingerprint density at radius 1 is 1.35 bits per heavy atom. The van der Waals surface area contributed by atoms with Gasteiger partial charge in [0.25, 0.3) is 0 Å². The van der Waals surface area contributed by atoms with Gasteiger partial charge in [0.15, 0.2) is 0 Å². The number of amides is 1. The Kier molecular flexibility index (Phi) is 6.25. The highest BCUT2D eigenvalue weighted by atomic mass is 16.6. The minimum Gasteiger partial charge on any atom is -0.444 e. The molecule has 0 radical (unpaired) electrons. The molecule has 4 nitrogen and oxygen atoms in total. The molecule has 4 heteroatoms. The Labute approximate surface area is 120 Å². The summed E-state index contributed by atoms with van der Waals surface area (Å²) in [5, 5.41) is 11.7. The number of carbonyl (C=O) groups is 1. The van der Waals surface area contributed by atoms with Gasteiger partial charge in [-0.15, -0.1) is 0 Å². The summed E-state index contributed by atoms with van der Waals surface area (Å²) in [5.41, 5.74) is 0.582. The molecule has 0 aliphatic heterocycles. The zero-order chi connectivity index (χ0) is 15.0. The van der Waals surface area contributed by atoms with Gasteiger partial charge in [-0.3, -0.25) is 0 Å². The molecule has 0 fully saturated rings. The Balaban J connectivity index is 2.65. The van der Waals surface area contributed by atoms with Gasteiger partial charge in [0.05, 0.1) is 12.6 Å². The van der Waals surface area contributed by atoms with Crippen molar-refractivity contribution in [3.8, 4) is 0 Å². The van der Waals surface area contributed by atoms with Crippen molar-refractivity contribution in [2.24, 2.45) is 0 Å². The van der Waals surface area contributed by atoms with E-state index >= 15 is 0 Å². The van der Waals surface area contributed by atoms with Crippen LogP contribution in [-0.2, 0) is 11.2 Å². The van der Waals surface area contributed by atoms with E-state index in [4.69, 9.17) is 9.84 Å². The average molecular weight is 277 g/mol. The monoisotopic (exact) mass is 277 g/mol. The van der Waals surface area contributed by atoms with Crippen molar-refractivity contribution >= 4 is 6.09 Å². The topological polar surface area (TPSA) is 58.6 Å². The van der Waals surface area contributed by atoms with Crippen molar-refractivity contribution in [1.29, 1.82) is 0 Å². The summed E-state index contributed by atoms with van der Waals surface area (Å²) in [6.07, 6.45) is 3.58. The first-order valence-electron chi connectivity index (χ1n) is 6.71. The highest BCUT2D eigenvalue weighted by Gasteiger charge is 2.18. The molecule has 0 saturated heterocycles. The third-order valence-electron chi connectivity index (χ3n) is 2.47. The summed E-state index contributed by atoms with van der Waals surface area (Å²) in [4.78, 5) is 11.8. The fraction of sp³-hybridized carbons (Fsp3) is 0.438. The summed E-state index contributed by atoms with van der Waals surface area (Å²) in [6, 6.07) is 9.64. The number of alkyl carbamates (subject to hydrolysis) is 1. The number of nitrogens with one attached hydrogen (secondary N) is 1. The summed E-state index contributed by atoms with van der Waals surface area (Å²) in [6.45, 7) is 5.41. The van der Waals surface area contributed by atoms with Crippen LogP contribution in [0.3, 0.4) is 0 Å². The molecular formula is C16H23NO3. The van der Waals surface area contributed by atoms with E-state index in [0.29, 0.717) is 6.42 Å².